The summed E-state index contributed by atoms with van der Waals surface area (Å²) < 4.78 is 0. The number of halogens is 1. The summed E-state index contributed by atoms with van der Waals surface area (Å²) in [7, 11) is 4.02. The summed E-state index contributed by atoms with van der Waals surface area (Å²) in [5.74, 6) is 0. The quantitative estimate of drug-likeness (QED) is 0.730. The minimum Gasteiger partial charge on any atom is -0.301 e. The van der Waals surface area contributed by atoms with Crippen molar-refractivity contribution in [3.8, 4) is 0 Å². The predicted octanol–water partition coefficient (Wildman–Crippen LogP) is 2.06. The lowest BCUT2D eigenvalue weighted by molar-refractivity contribution is 0.313. The van der Waals surface area contributed by atoms with Crippen LogP contribution in [0, 0.1) is 6.92 Å². The van der Waals surface area contributed by atoms with Gasteiger partial charge in [-0.05, 0) is 39.6 Å². The van der Waals surface area contributed by atoms with Crippen LogP contribution in [0.15, 0.2) is 6.07 Å². The van der Waals surface area contributed by atoms with E-state index in [2.05, 4.69) is 22.0 Å². The highest BCUT2D eigenvalue weighted by atomic mass is 35.5. The second kappa shape index (κ2) is 4.03. The number of hydrogen-bond donors (Lipinski definition) is 0. The van der Waals surface area contributed by atoms with Gasteiger partial charge in [-0.25, -0.2) is 0 Å². The van der Waals surface area contributed by atoms with Crippen molar-refractivity contribution in [2.45, 2.75) is 19.9 Å². The average molecular weight is 200 g/mol. The SMILES string of the molecule is Cc1cc(C(C)N(C)C)nnc1Cl. The molecule has 0 spiro atoms. The molecule has 13 heavy (non-hydrogen) atoms. The fourth-order valence-corrected chi connectivity index (χ4v) is 1.05. The van der Waals surface area contributed by atoms with Gasteiger partial charge in [0.25, 0.3) is 0 Å². The van der Waals surface area contributed by atoms with E-state index in [9.17, 15) is 0 Å². The molecule has 0 aliphatic heterocycles. The van der Waals surface area contributed by atoms with Crippen molar-refractivity contribution in [2.75, 3.05) is 14.1 Å². The van der Waals surface area contributed by atoms with Crippen molar-refractivity contribution < 1.29 is 0 Å². The fraction of sp³-hybridized carbons (Fsp3) is 0.556. The van der Waals surface area contributed by atoms with Crippen molar-refractivity contribution >= 4 is 11.6 Å². The first kappa shape index (κ1) is 10.4. The summed E-state index contributed by atoms with van der Waals surface area (Å²) in [6, 6.07) is 2.24. The fourth-order valence-electron chi connectivity index (χ4n) is 0.959. The van der Waals surface area contributed by atoms with Gasteiger partial charge < -0.3 is 4.90 Å². The average Bonchev–Trinajstić information content (AvgIpc) is 2.08. The molecule has 0 saturated carbocycles. The first-order chi connectivity index (χ1) is 6.02. The molecule has 0 aromatic carbocycles. The largest absolute Gasteiger partial charge is 0.301 e. The zero-order chi connectivity index (χ0) is 10.0. The molecule has 1 atom stereocenters. The van der Waals surface area contributed by atoms with E-state index in [1.807, 2.05) is 27.1 Å². The van der Waals surface area contributed by atoms with Crippen LogP contribution in [-0.4, -0.2) is 29.2 Å². The van der Waals surface area contributed by atoms with Gasteiger partial charge in [-0.15, -0.1) is 5.10 Å². The van der Waals surface area contributed by atoms with Crippen LogP contribution < -0.4 is 0 Å². The molecule has 72 valence electrons. The minimum atomic E-state index is 0.267. The first-order valence-electron chi connectivity index (χ1n) is 4.18. The lowest BCUT2D eigenvalue weighted by Crippen LogP contribution is -2.18. The molecule has 1 unspecified atom stereocenters. The molecule has 0 fully saturated rings. The molecule has 4 heteroatoms. The summed E-state index contributed by atoms with van der Waals surface area (Å²) in [5.41, 5.74) is 1.92. The topological polar surface area (TPSA) is 29.0 Å². The van der Waals surface area contributed by atoms with Gasteiger partial charge in [0.1, 0.15) is 0 Å². The van der Waals surface area contributed by atoms with Crippen LogP contribution in [0.1, 0.15) is 24.2 Å². The Hall–Kier alpha value is -0.670. The van der Waals surface area contributed by atoms with Crippen LogP contribution in [0.25, 0.3) is 0 Å². The zero-order valence-electron chi connectivity index (χ0n) is 8.37. The second-order valence-corrected chi connectivity index (χ2v) is 3.74. The van der Waals surface area contributed by atoms with E-state index < -0.39 is 0 Å². The third-order valence-electron chi connectivity index (χ3n) is 2.15. The van der Waals surface area contributed by atoms with Gasteiger partial charge >= 0.3 is 0 Å². The Morgan fingerprint density at radius 1 is 1.38 bits per heavy atom. The van der Waals surface area contributed by atoms with Crippen molar-refractivity contribution in [1.29, 1.82) is 0 Å². The smallest absolute Gasteiger partial charge is 0.154 e. The summed E-state index contributed by atoms with van der Waals surface area (Å²) in [4.78, 5) is 2.08. The number of aromatic nitrogens is 2. The Bertz CT molecular complexity index is 299. The Morgan fingerprint density at radius 3 is 2.46 bits per heavy atom. The zero-order valence-corrected chi connectivity index (χ0v) is 9.13. The van der Waals surface area contributed by atoms with E-state index in [0.717, 1.165) is 11.3 Å². The molecule has 1 aromatic rings. The highest BCUT2D eigenvalue weighted by Gasteiger charge is 2.10. The van der Waals surface area contributed by atoms with Gasteiger partial charge in [-0.3, -0.25) is 0 Å². The predicted molar refractivity (Wildman–Crippen MR) is 53.9 cm³/mol. The molecule has 1 rings (SSSR count). The Balaban J connectivity index is 2.97. The van der Waals surface area contributed by atoms with Gasteiger partial charge in [-0.2, -0.15) is 5.10 Å². The maximum absolute atomic E-state index is 5.78. The van der Waals surface area contributed by atoms with Gasteiger partial charge in [-0.1, -0.05) is 11.6 Å². The van der Waals surface area contributed by atoms with E-state index in [0.29, 0.717) is 5.15 Å². The molecule has 1 aromatic heterocycles. The molecule has 0 amide bonds. The Labute approximate surface area is 83.7 Å². The summed E-state index contributed by atoms with van der Waals surface area (Å²) in [5, 5.41) is 8.39. The molecular formula is C9H14ClN3. The van der Waals surface area contributed by atoms with Crippen LogP contribution in [0.2, 0.25) is 5.15 Å². The van der Waals surface area contributed by atoms with Gasteiger partial charge in [0.05, 0.1) is 11.7 Å². The van der Waals surface area contributed by atoms with Crippen molar-refractivity contribution in [3.05, 3.63) is 22.5 Å². The third kappa shape index (κ3) is 2.39. The van der Waals surface area contributed by atoms with Crippen LogP contribution in [0.5, 0.6) is 0 Å². The van der Waals surface area contributed by atoms with Gasteiger partial charge in [0.15, 0.2) is 5.15 Å². The molecule has 0 bridgehead atoms. The lowest BCUT2D eigenvalue weighted by Gasteiger charge is -2.18. The highest BCUT2D eigenvalue weighted by Crippen LogP contribution is 2.18. The summed E-state index contributed by atoms with van der Waals surface area (Å²) in [6.07, 6.45) is 0. The van der Waals surface area contributed by atoms with E-state index >= 15 is 0 Å². The number of hydrogen-bond acceptors (Lipinski definition) is 3. The highest BCUT2D eigenvalue weighted by molar-refractivity contribution is 6.30. The van der Waals surface area contributed by atoms with E-state index in [4.69, 9.17) is 11.6 Å². The van der Waals surface area contributed by atoms with Crippen LogP contribution in [0.3, 0.4) is 0 Å². The number of nitrogens with zero attached hydrogens (tertiary/aromatic N) is 3. The van der Waals surface area contributed by atoms with E-state index in [1.165, 1.54) is 0 Å². The molecule has 3 nitrogen and oxygen atoms in total. The van der Waals surface area contributed by atoms with Crippen LogP contribution in [-0.2, 0) is 0 Å². The van der Waals surface area contributed by atoms with Crippen molar-refractivity contribution in [3.63, 3.8) is 0 Å². The molecule has 0 radical (unpaired) electrons. The molecule has 0 aliphatic rings. The van der Waals surface area contributed by atoms with E-state index in [-0.39, 0.29) is 6.04 Å². The van der Waals surface area contributed by atoms with Crippen LogP contribution >= 0.6 is 11.6 Å². The molecule has 0 aliphatic carbocycles. The van der Waals surface area contributed by atoms with E-state index in [1.54, 1.807) is 0 Å². The Kier molecular flexibility index (Phi) is 3.22. The Morgan fingerprint density at radius 2 is 2.00 bits per heavy atom. The van der Waals surface area contributed by atoms with Crippen molar-refractivity contribution in [2.24, 2.45) is 0 Å². The minimum absolute atomic E-state index is 0.267. The van der Waals surface area contributed by atoms with Gasteiger partial charge in [0, 0.05) is 0 Å². The standard InChI is InChI=1S/C9H14ClN3/c1-6-5-8(7(2)13(3)4)11-12-9(6)10/h5,7H,1-4H3. The lowest BCUT2D eigenvalue weighted by atomic mass is 10.2. The molecular weight excluding hydrogens is 186 g/mol. The number of rotatable bonds is 2. The first-order valence-corrected chi connectivity index (χ1v) is 4.56. The molecule has 0 saturated heterocycles. The number of aryl methyl sites for hydroxylation is 1. The molecule has 1 heterocycles. The summed E-state index contributed by atoms with van der Waals surface area (Å²) in [6.45, 7) is 4.01. The van der Waals surface area contributed by atoms with Crippen LogP contribution in [0.4, 0.5) is 0 Å². The summed E-state index contributed by atoms with van der Waals surface area (Å²) >= 11 is 5.78. The van der Waals surface area contributed by atoms with Crippen molar-refractivity contribution in [1.82, 2.24) is 15.1 Å². The maximum Gasteiger partial charge on any atom is 0.154 e. The second-order valence-electron chi connectivity index (χ2n) is 3.38. The monoisotopic (exact) mass is 199 g/mol. The van der Waals surface area contributed by atoms with Gasteiger partial charge in [0.2, 0.25) is 0 Å². The molecule has 0 N–H and O–H groups in total. The third-order valence-corrected chi connectivity index (χ3v) is 2.52. The normalized spacial score (nSPS) is 13.4. The maximum atomic E-state index is 5.78.